The van der Waals surface area contributed by atoms with Gasteiger partial charge in [0.1, 0.15) is 17.7 Å². The summed E-state index contributed by atoms with van der Waals surface area (Å²) < 4.78 is 13.9. The summed E-state index contributed by atoms with van der Waals surface area (Å²) in [5.74, 6) is 2.79. The first-order valence-electron chi connectivity index (χ1n) is 11.2. The Hall–Kier alpha value is -3.82. The highest BCUT2D eigenvalue weighted by Crippen LogP contribution is 2.36. The van der Waals surface area contributed by atoms with Gasteiger partial charge < -0.3 is 9.47 Å². The van der Waals surface area contributed by atoms with E-state index in [1.807, 2.05) is 53.1 Å². The highest BCUT2D eigenvalue weighted by atomic mass is 35.5. The van der Waals surface area contributed by atoms with Gasteiger partial charge in [0.25, 0.3) is 0 Å². The van der Waals surface area contributed by atoms with Crippen LogP contribution in [-0.2, 0) is 0 Å². The van der Waals surface area contributed by atoms with Crippen molar-refractivity contribution >= 4 is 34.8 Å². The molecule has 1 saturated carbocycles. The Morgan fingerprint density at radius 1 is 1.12 bits per heavy atom. The topological polar surface area (TPSA) is 73.0 Å². The van der Waals surface area contributed by atoms with E-state index in [0.717, 1.165) is 35.2 Å². The molecule has 2 aromatic carbocycles. The number of nitriles is 1. The van der Waals surface area contributed by atoms with Gasteiger partial charge in [0.2, 0.25) is 0 Å². The molecule has 0 spiro atoms. The van der Waals surface area contributed by atoms with Crippen LogP contribution in [0.25, 0.3) is 29.0 Å². The average Bonchev–Trinajstić information content (AvgIpc) is 3.50. The Bertz CT molecular complexity index is 1400. The van der Waals surface area contributed by atoms with Gasteiger partial charge >= 0.3 is 0 Å². The molecule has 170 valence electrons. The molecule has 5 rings (SSSR count). The monoisotopic (exact) mass is 470 g/mol. The number of rotatable bonds is 6. The summed E-state index contributed by atoms with van der Waals surface area (Å²) in [6.45, 7) is 0. The minimum absolute atomic E-state index is 0.206. The van der Waals surface area contributed by atoms with Crippen molar-refractivity contribution in [3.63, 3.8) is 0 Å². The van der Waals surface area contributed by atoms with Crippen molar-refractivity contribution in [3.8, 4) is 23.4 Å². The first kappa shape index (κ1) is 22.0. The SMILES string of the molecule is COc1cccc(/C=C/c2nc3ccc(Cl)cc3n2-c2ccc(C#N)cn2)c1OC1CCCC1. The number of para-hydroxylation sites is 1. The summed E-state index contributed by atoms with van der Waals surface area (Å²) in [7, 11) is 1.66. The first-order valence-corrected chi connectivity index (χ1v) is 11.6. The molecule has 7 heteroatoms. The van der Waals surface area contributed by atoms with Gasteiger partial charge in [-0.15, -0.1) is 0 Å². The normalized spacial score (nSPS) is 14.0. The van der Waals surface area contributed by atoms with E-state index in [2.05, 4.69) is 11.1 Å². The van der Waals surface area contributed by atoms with Crippen molar-refractivity contribution in [1.82, 2.24) is 14.5 Å². The van der Waals surface area contributed by atoms with Crippen LogP contribution in [0, 0.1) is 11.3 Å². The maximum absolute atomic E-state index is 9.14. The van der Waals surface area contributed by atoms with Crippen LogP contribution in [0.5, 0.6) is 11.5 Å². The lowest BCUT2D eigenvalue weighted by Crippen LogP contribution is -2.12. The molecule has 0 saturated heterocycles. The van der Waals surface area contributed by atoms with Crippen molar-refractivity contribution in [2.45, 2.75) is 31.8 Å². The molecule has 1 aliphatic carbocycles. The number of nitrogens with zero attached hydrogens (tertiary/aromatic N) is 4. The number of imidazole rings is 1. The van der Waals surface area contributed by atoms with E-state index in [-0.39, 0.29) is 6.10 Å². The Morgan fingerprint density at radius 3 is 2.71 bits per heavy atom. The van der Waals surface area contributed by atoms with Crippen molar-refractivity contribution < 1.29 is 9.47 Å². The number of halogens is 1. The van der Waals surface area contributed by atoms with Crippen LogP contribution < -0.4 is 9.47 Å². The zero-order valence-corrected chi connectivity index (χ0v) is 19.5. The molecule has 0 bridgehead atoms. The Labute approximate surface area is 203 Å². The summed E-state index contributed by atoms with van der Waals surface area (Å²) in [4.78, 5) is 9.28. The highest BCUT2D eigenvalue weighted by molar-refractivity contribution is 6.31. The zero-order valence-electron chi connectivity index (χ0n) is 18.7. The van der Waals surface area contributed by atoms with Gasteiger partial charge in [-0.05, 0) is 74.2 Å². The fourth-order valence-corrected chi connectivity index (χ4v) is 4.46. The van der Waals surface area contributed by atoms with E-state index in [0.29, 0.717) is 28.0 Å². The number of ether oxygens (including phenoxy) is 2. The van der Waals surface area contributed by atoms with E-state index >= 15 is 0 Å². The number of pyridine rings is 1. The molecule has 0 aliphatic heterocycles. The maximum atomic E-state index is 9.14. The van der Waals surface area contributed by atoms with Gasteiger partial charge in [-0.25, -0.2) is 9.97 Å². The lowest BCUT2D eigenvalue weighted by atomic mass is 10.1. The van der Waals surface area contributed by atoms with Crippen LogP contribution in [0.1, 0.15) is 42.6 Å². The van der Waals surface area contributed by atoms with Gasteiger partial charge in [-0.1, -0.05) is 23.7 Å². The Morgan fingerprint density at radius 2 is 1.97 bits per heavy atom. The molecule has 6 nitrogen and oxygen atoms in total. The van der Waals surface area contributed by atoms with Gasteiger partial charge in [0, 0.05) is 16.8 Å². The molecule has 2 heterocycles. The van der Waals surface area contributed by atoms with E-state index in [1.54, 1.807) is 25.4 Å². The lowest BCUT2D eigenvalue weighted by molar-refractivity contribution is 0.200. The molecule has 0 atom stereocenters. The van der Waals surface area contributed by atoms with Crippen molar-refractivity contribution in [2.24, 2.45) is 0 Å². The standard InChI is InChI=1S/C27H23ClN4O2/c1-33-24-8-4-5-19(27(24)34-21-6-2-3-7-21)10-14-26-31-22-12-11-20(28)15-23(22)32(26)25-13-9-18(16-29)17-30-25/h4-5,8-15,17,21H,2-3,6-7H2,1H3/b14-10+. The first-order chi connectivity index (χ1) is 16.7. The number of hydrogen-bond acceptors (Lipinski definition) is 5. The van der Waals surface area contributed by atoms with Crippen molar-refractivity contribution in [1.29, 1.82) is 5.26 Å². The van der Waals surface area contributed by atoms with Gasteiger partial charge in [-0.3, -0.25) is 4.57 Å². The summed E-state index contributed by atoms with van der Waals surface area (Å²) in [6.07, 6.45) is 10.2. The summed E-state index contributed by atoms with van der Waals surface area (Å²) >= 11 is 6.29. The highest BCUT2D eigenvalue weighted by Gasteiger charge is 2.20. The largest absolute Gasteiger partial charge is 0.493 e. The van der Waals surface area contributed by atoms with Crippen molar-refractivity contribution in [3.05, 3.63) is 76.7 Å². The fraction of sp³-hybridized carbons (Fsp3) is 0.222. The predicted molar refractivity (Wildman–Crippen MR) is 133 cm³/mol. The van der Waals surface area contributed by atoms with Gasteiger partial charge in [0.15, 0.2) is 11.5 Å². The Kier molecular flexibility index (Phi) is 6.20. The quantitative estimate of drug-likeness (QED) is 0.324. The van der Waals surface area contributed by atoms with Gasteiger partial charge in [-0.2, -0.15) is 5.26 Å². The summed E-state index contributed by atoms with van der Waals surface area (Å²) in [5, 5.41) is 9.75. The molecule has 2 aromatic heterocycles. The number of aromatic nitrogens is 3. The number of methoxy groups -OCH3 is 1. The van der Waals surface area contributed by atoms with Crippen LogP contribution in [0.4, 0.5) is 0 Å². The molecule has 0 unspecified atom stereocenters. The maximum Gasteiger partial charge on any atom is 0.168 e. The average molecular weight is 471 g/mol. The van der Waals surface area contributed by atoms with E-state index in [4.69, 9.17) is 31.3 Å². The smallest absolute Gasteiger partial charge is 0.168 e. The van der Waals surface area contributed by atoms with Crippen LogP contribution in [-0.4, -0.2) is 27.7 Å². The van der Waals surface area contributed by atoms with Crippen LogP contribution in [0.15, 0.2) is 54.7 Å². The van der Waals surface area contributed by atoms with E-state index in [9.17, 15) is 0 Å². The fourth-order valence-electron chi connectivity index (χ4n) is 4.29. The van der Waals surface area contributed by atoms with E-state index in [1.165, 1.54) is 12.8 Å². The molecular formula is C27H23ClN4O2. The lowest BCUT2D eigenvalue weighted by Gasteiger charge is -2.18. The van der Waals surface area contributed by atoms with Crippen molar-refractivity contribution in [2.75, 3.05) is 7.11 Å². The van der Waals surface area contributed by atoms with Crippen LogP contribution in [0.2, 0.25) is 5.02 Å². The third kappa shape index (κ3) is 4.35. The number of fused-ring (bicyclic) bond motifs is 1. The third-order valence-electron chi connectivity index (χ3n) is 5.98. The molecule has 34 heavy (non-hydrogen) atoms. The van der Waals surface area contributed by atoms with Gasteiger partial charge in [0.05, 0.1) is 29.8 Å². The molecule has 0 radical (unpaired) electrons. The van der Waals surface area contributed by atoms with Crippen LogP contribution >= 0.6 is 11.6 Å². The van der Waals surface area contributed by atoms with Crippen LogP contribution in [0.3, 0.4) is 0 Å². The molecule has 0 N–H and O–H groups in total. The Balaban J connectivity index is 1.59. The molecule has 1 fully saturated rings. The summed E-state index contributed by atoms with van der Waals surface area (Å²) in [5.41, 5.74) is 3.03. The summed E-state index contributed by atoms with van der Waals surface area (Å²) in [6, 6.07) is 17.1. The second-order valence-corrected chi connectivity index (χ2v) is 8.63. The number of benzene rings is 2. The second-order valence-electron chi connectivity index (χ2n) is 8.19. The molecular weight excluding hydrogens is 448 g/mol. The predicted octanol–water partition coefficient (Wildman–Crippen LogP) is 6.45. The number of hydrogen-bond donors (Lipinski definition) is 0. The molecule has 1 aliphatic rings. The second kappa shape index (κ2) is 9.58. The molecule has 0 amide bonds. The van der Waals surface area contributed by atoms with E-state index < -0.39 is 0 Å². The zero-order chi connectivity index (χ0) is 23.5. The molecule has 4 aromatic rings. The minimum atomic E-state index is 0.206. The minimum Gasteiger partial charge on any atom is -0.493 e. The third-order valence-corrected chi connectivity index (χ3v) is 6.21.